The van der Waals surface area contributed by atoms with Crippen LogP contribution in [0.1, 0.15) is 47.7 Å². The first-order valence-electron chi connectivity index (χ1n) is 15.2. The molecule has 0 spiro atoms. The van der Waals surface area contributed by atoms with E-state index in [-0.39, 0.29) is 18.3 Å². The smallest absolute Gasteiger partial charge is 0.260 e. The standard InChI is InChI=1S/C36H38N4O5S/c1-25(38)6-4-5-20-44-29-13-9-26(10-14-29)23-40(35(42)32-8-3-2-7-27(32)24-43-21-19-37)36-39-33-18-17-31(22-34(33)46-36)45-30-15-11-28(41)12-16-30/h2-3,7-18,22,38,41H,4-6,19-21,23-24,37H2,1H3. The molecule has 0 fully saturated rings. The molecule has 0 radical (unpaired) electrons. The van der Waals surface area contributed by atoms with Crippen molar-refractivity contribution >= 4 is 38.3 Å². The SMILES string of the molecule is CC(=N)CCCCOc1ccc(CN(C(=O)c2ccccc2COCCN)c2nc3ccc(Oc4ccc(O)cc4)cc3s2)cc1. The molecule has 0 unspecified atom stereocenters. The Kier molecular flexibility index (Phi) is 11.3. The second kappa shape index (κ2) is 16.0. The average Bonchev–Trinajstić information content (AvgIpc) is 3.48. The van der Waals surface area contributed by atoms with Gasteiger partial charge in [-0.3, -0.25) is 9.69 Å². The third-order valence-electron chi connectivity index (χ3n) is 7.14. The summed E-state index contributed by atoms with van der Waals surface area (Å²) in [6.07, 6.45) is 2.59. The second-order valence-electron chi connectivity index (χ2n) is 10.8. The summed E-state index contributed by atoms with van der Waals surface area (Å²) in [5.41, 5.74) is 9.29. The van der Waals surface area contributed by atoms with Crippen molar-refractivity contribution in [1.82, 2.24) is 4.98 Å². The summed E-state index contributed by atoms with van der Waals surface area (Å²) < 4.78 is 18.5. The van der Waals surface area contributed by atoms with Crippen molar-refractivity contribution in [3.8, 4) is 23.0 Å². The summed E-state index contributed by atoms with van der Waals surface area (Å²) in [5, 5.41) is 17.7. The number of carbonyl (C=O) groups is 1. The lowest BCUT2D eigenvalue weighted by Gasteiger charge is -2.22. The molecule has 46 heavy (non-hydrogen) atoms. The van der Waals surface area contributed by atoms with Gasteiger partial charge in [-0.05, 0) is 91.9 Å². The van der Waals surface area contributed by atoms with Gasteiger partial charge in [0.25, 0.3) is 5.91 Å². The predicted octanol–water partition coefficient (Wildman–Crippen LogP) is 7.71. The molecule has 0 aliphatic heterocycles. The number of amides is 1. The highest BCUT2D eigenvalue weighted by molar-refractivity contribution is 7.22. The number of carbonyl (C=O) groups excluding carboxylic acids is 1. The van der Waals surface area contributed by atoms with E-state index in [0.717, 1.165) is 46.4 Å². The molecule has 0 saturated carbocycles. The van der Waals surface area contributed by atoms with Crippen LogP contribution in [0.3, 0.4) is 0 Å². The molecular weight excluding hydrogens is 600 g/mol. The zero-order valence-electron chi connectivity index (χ0n) is 25.8. The molecule has 238 valence electrons. The summed E-state index contributed by atoms with van der Waals surface area (Å²) >= 11 is 1.41. The Labute approximate surface area is 272 Å². The monoisotopic (exact) mass is 638 g/mol. The van der Waals surface area contributed by atoms with E-state index in [4.69, 9.17) is 30.3 Å². The van der Waals surface area contributed by atoms with Crippen LogP contribution in [0.25, 0.3) is 10.2 Å². The van der Waals surface area contributed by atoms with Crippen LogP contribution in [0.4, 0.5) is 5.13 Å². The maximum absolute atomic E-state index is 14.3. The Balaban J connectivity index is 1.39. The zero-order chi connectivity index (χ0) is 32.3. The summed E-state index contributed by atoms with van der Waals surface area (Å²) in [5.74, 6) is 1.96. The van der Waals surface area contributed by atoms with Crippen LogP contribution in [0.15, 0.2) is 91.0 Å². The Hall–Kier alpha value is -4.77. The quantitative estimate of drug-likeness (QED) is 0.0745. The zero-order valence-corrected chi connectivity index (χ0v) is 26.6. The number of benzene rings is 4. The number of nitrogens with one attached hydrogen (secondary N) is 1. The maximum Gasteiger partial charge on any atom is 0.260 e. The van der Waals surface area contributed by atoms with Crippen LogP contribution in [-0.4, -0.2) is 41.5 Å². The Morgan fingerprint density at radius 1 is 0.935 bits per heavy atom. The number of aromatic hydroxyl groups is 1. The van der Waals surface area contributed by atoms with Gasteiger partial charge in [0.2, 0.25) is 0 Å². The number of thiazole rings is 1. The molecule has 9 nitrogen and oxygen atoms in total. The molecule has 4 aromatic carbocycles. The van der Waals surface area contributed by atoms with Gasteiger partial charge in [0.15, 0.2) is 5.13 Å². The number of ether oxygens (including phenoxy) is 3. The van der Waals surface area contributed by atoms with Crippen LogP contribution in [0.5, 0.6) is 23.0 Å². The molecule has 1 amide bonds. The van der Waals surface area contributed by atoms with E-state index in [1.807, 2.05) is 73.7 Å². The van der Waals surface area contributed by atoms with E-state index < -0.39 is 0 Å². The van der Waals surface area contributed by atoms with Crippen molar-refractivity contribution in [3.63, 3.8) is 0 Å². The van der Waals surface area contributed by atoms with Crippen molar-refractivity contribution in [3.05, 3.63) is 108 Å². The van der Waals surface area contributed by atoms with Gasteiger partial charge in [-0.1, -0.05) is 41.7 Å². The van der Waals surface area contributed by atoms with Gasteiger partial charge in [-0.15, -0.1) is 0 Å². The third kappa shape index (κ3) is 8.91. The molecule has 4 N–H and O–H groups in total. The lowest BCUT2D eigenvalue weighted by Crippen LogP contribution is -2.31. The fourth-order valence-electron chi connectivity index (χ4n) is 4.77. The van der Waals surface area contributed by atoms with Gasteiger partial charge in [-0.2, -0.15) is 0 Å². The second-order valence-corrected chi connectivity index (χ2v) is 11.9. The number of nitrogens with two attached hydrogens (primary N) is 1. The molecule has 5 rings (SSSR count). The maximum atomic E-state index is 14.3. The molecule has 0 atom stereocenters. The Morgan fingerprint density at radius 2 is 1.67 bits per heavy atom. The molecule has 1 aromatic heterocycles. The molecule has 0 aliphatic carbocycles. The number of phenolic OH excluding ortho intramolecular Hbond substituents is 1. The third-order valence-corrected chi connectivity index (χ3v) is 8.18. The molecule has 0 bridgehead atoms. The highest BCUT2D eigenvalue weighted by atomic mass is 32.1. The highest BCUT2D eigenvalue weighted by Crippen LogP contribution is 2.35. The number of hydrogen-bond acceptors (Lipinski definition) is 9. The van der Waals surface area contributed by atoms with E-state index in [2.05, 4.69) is 0 Å². The van der Waals surface area contributed by atoms with Gasteiger partial charge < -0.3 is 30.5 Å². The van der Waals surface area contributed by atoms with Crippen molar-refractivity contribution in [2.45, 2.75) is 39.3 Å². The van der Waals surface area contributed by atoms with Gasteiger partial charge >= 0.3 is 0 Å². The first kappa shape index (κ1) is 32.6. The molecule has 5 aromatic rings. The first-order chi connectivity index (χ1) is 22.4. The number of hydrogen-bond donors (Lipinski definition) is 3. The van der Waals surface area contributed by atoms with E-state index in [0.29, 0.717) is 54.2 Å². The van der Waals surface area contributed by atoms with Crippen molar-refractivity contribution in [2.75, 3.05) is 24.7 Å². The number of unbranched alkanes of at least 4 members (excludes halogenated alkanes) is 1. The lowest BCUT2D eigenvalue weighted by atomic mass is 10.1. The molecule has 1 heterocycles. The van der Waals surface area contributed by atoms with Gasteiger partial charge in [-0.25, -0.2) is 4.98 Å². The Morgan fingerprint density at radius 3 is 2.43 bits per heavy atom. The fraction of sp³-hybridized carbons (Fsp3) is 0.250. The van der Waals surface area contributed by atoms with Crippen molar-refractivity contribution in [1.29, 1.82) is 5.41 Å². The topological polar surface area (TPSA) is 131 Å². The van der Waals surface area contributed by atoms with Crippen LogP contribution in [0, 0.1) is 5.41 Å². The van der Waals surface area contributed by atoms with Crippen LogP contribution in [0.2, 0.25) is 0 Å². The van der Waals surface area contributed by atoms with Crippen molar-refractivity contribution in [2.24, 2.45) is 5.73 Å². The van der Waals surface area contributed by atoms with Crippen LogP contribution < -0.4 is 20.1 Å². The molecular formula is C36H38N4O5S. The number of aromatic nitrogens is 1. The van der Waals surface area contributed by atoms with E-state index >= 15 is 0 Å². The number of nitrogens with zero attached hydrogens (tertiary/aromatic N) is 2. The minimum Gasteiger partial charge on any atom is -0.508 e. The summed E-state index contributed by atoms with van der Waals surface area (Å²) in [6, 6.07) is 27.3. The van der Waals surface area contributed by atoms with Gasteiger partial charge in [0.1, 0.15) is 23.0 Å². The minimum absolute atomic E-state index is 0.166. The predicted molar refractivity (Wildman–Crippen MR) is 183 cm³/mol. The summed E-state index contributed by atoms with van der Waals surface area (Å²) in [6.45, 7) is 3.78. The molecule has 10 heteroatoms. The number of fused-ring (bicyclic) bond motifs is 1. The molecule has 0 aliphatic rings. The largest absolute Gasteiger partial charge is 0.508 e. The van der Waals surface area contributed by atoms with Gasteiger partial charge in [0.05, 0.1) is 36.6 Å². The fourth-order valence-corrected chi connectivity index (χ4v) is 5.76. The van der Waals surface area contributed by atoms with E-state index in [9.17, 15) is 9.90 Å². The summed E-state index contributed by atoms with van der Waals surface area (Å²) in [4.78, 5) is 20.8. The average molecular weight is 639 g/mol. The van der Waals surface area contributed by atoms with Gasteiger partial charge in [0, 0.05) is 23.9 Å². The number of anilines is 1. The highest BCUT2D eigenvalue weighted by Gasteiger charge is 2.24. The lowest BCUT2D eigenvalue weighted by molar-refractivity contribution is 0.0973. The first-order valence-corrected chi connectivity index (χ1v) is 16.0. The van der Waals surface area contributed by atoms with Crippen LogP contribution >= 0.6 is 11.3 Å². The van der Waals surface area contributed by atoms with E-state index in [1.165, 1.54) is 11.3 Å². The normalized spacial score (nSPS) is 11.0. The molecule has 0 saturated heterocycles. The number of rotatable bonds is 16. The Bertz CT molecular complexity index is 1760. The van der Waals surface area contributed by atoms with Crippen LogP contribution in [-0.2, 0) is 17.9 Å². The van der Waals surface area contributed by atoms with Crippen molar-refractivity contribution < 1.29 is 24.1 Å². The van der Waals surface area contributed by atoms with E-state index in [1.54, 1.807) is 29.2 Å². The summed E-state index contributed by atoms with van der Waals surface area (Å²) in [7, 11) is 0. The minimum atomic E-state index is -0.187. The number of phenols is 1.